The number of benzene rings is 1. The number of rotatable bonds is 6. The Bertz CT molecular complexity index is 563. The fourth-order valence-electron chi connectivity index (χ4n) is 4.18. The minimum Gasteiger partial charge on any atom is -0.496 e. The molecule has 0 saturated heterocycles. The highest BCUT2D eigenvalue weighted by molar-refractivity contribution is 5.42. The molecule has 0 aliphatic heterocycles. The first-order chi connectivity index (χ1) is 11.2. The van der Waals surface area contributed by atoms with Crippen molar-refractivity contribution < 1.29 is 4.74 Å². The van der Waals surface area contributed by atoms with Gasteiger partial charge in [0.05, 0.1) is 7.11 Å². The molecule has 0 bridgehead atoms. The van der Waals surface area contributed by atoms with Crippen molar-refractivity contribution in [3.8, 4) is 5.75 Å². The average molecular weight is 311 g/mol. The van der Waals surface area contributed by atoms with Gasteiger partial charge in [-0.1, -0.05) is 43.4 Å². The lowest BCUT2D eigenvalue weighted by atomic mass is 9.85. The van der Waals surface area contributed by atoms with Gasteiger partial charge in [0.25, 0.3) is 0 Å². The first kappa shape index (κ1) is 16.3. The van der Waals surface area contributed by atoms with E-state index in [-0.39, 0.29) is 0 Å². The number of ether oxygens (including phenoxy) is 1. The van der Waals surface area contributed by atoms with Gasteiger partial charge in [0.2, 0.25) is 0 Å². The molecule has 0 N–H and O–H groups in total. The summed E-state index contributed by atoms with van der Waals surface area (Å²) in [6, 6.07) is 7.68. The topological polar surface area (TPSA) is 12.5 Å². The maximum Gasteiger partial charge on any atom is 0.122 e. The van der Waals surface area contributed by atoms with Gasteiger partial charge in [0.1, 0.15) is 5.75 Å². The second-order valence-electron chi connectivity index (χ2n) is 6.82. The van der Waals surface area contributed by atoms with Crippen LogP contribution in [0.25, 0.3) is 0 Å². The molecule has 0 aromatic heterocycles. The van der Waals surface area contributed by atoms with Crippen molar-refractivity contribution in [2.24, 2.45) is 5.92 Å². The molecular weight excluding hydrogens is 282 g/mol. The van der Waals surface area contributed by atoms with E-state index in [0.29, 0.717) is 18.0 Å². The number of aryl methyl sites for hydroxylation is 1. The van der Waals surface area contributed by atoms with Crippen LogP contribution in [-0.4, -0.2) is 30.6 Å². The highest BCUT2D eigenvalue weighted by atomic mass is 16.5. The molecule has 1 aromatic rings. The highest BCUT2D eigenvalue weighted by Crippen LogP contribution is 2.33. The van der Waals surface area contributed by atoms with Gasteiger partial charge in [-0.15, -0.1) is 0 Å². The summed E-state index contributed by atoms with van der Waals surface area (Å²) >= 11 is 0. The Morgan fingerprint density at radius 2 is 2.04 bits per heavy atom. The van der Waals surface area contributed by atoms with Crippen LogP contribution in [0.1, 0.15) is 37.8 Å². The van der Waals surface area contributed by atoms with Crippen molar-refractivity contribution in [3.63, 3.8) is 0 Å². The molecule has 0 radical (unpaired) electrons. The number of hydrogen-bond donors (Lipinski definition) is 0. The van der Waals surface area contributed by atoms with Crippen LogP contribution >= 0.6 is 0 Å². The fraction of sp³-hybridized carbons (Fsp3) is 0.524. The van der Waals surface area contributed by atoms with Crippen LogP contribution < -0.4 is 4.74 Å². The van der Waals surface area contributed by atoms with Gasteiger partial charge in [-0.3, -0.25) is 4.90 Å². The molecule has 2 atom stereocenters. The number of fused-ring (bicyclic) bond motifs is 1. The van der Waals surface area contributed by atoms with Crippen molar-refractivity contribution in [1.29, 1.82) is 0 Å². The number of allylic oxidation sites excluding steroid dienone is 2. The lowest BCUT2D eigenvalue weighted by Gasteiger charge is -2.41. The largest absolute Gasteiger partial charge is 0.496 e. The molecule has 0 heterocycles. The van der Waals surface area contributed by atoms with Gasteiger partial charge in [0, 0.05) is 18.0 Å². The average Bonchev–Trinajstić information content (AvgIpc) is 3.12. The van der Waals surface area contributed by atoms with Crippen molar-refractivity contribution in [2.45, 2.75) is 51.6 Å². The maximum atomic E-state index is 5.62. The summed E-state index contributed by atoms with van der Waals surface area (Å²) in [6.07, 6.45) is 13.8. The van der Waals surface area contributed by atoms with E-state index in [9.17, 15) is 0 Å². The summed E-state index contributed by atoms with van der Waals surface area (Å²) in [6.45, 7) is 5.85. The first-order valence-corrected chi connectivity index (χ1v) is 9.00. The molecule has 2 nitrogen and oxygen atoms in total. The van der Waals surface area contributed by atoms with Gasteiger partial charge in [-0.2, -0.15) is 0 Å². The Labute approximate surface area is 140 Å². The van der Waals surface area contributed by atoms with Gasteiger partial charge >= 0.3 is 0 Å². The number of methoxy groups -OCH3 is 1. The van der Waals surface area contributed by atoms with Crippen molar-refractivity contribution in [3.05, 3.63) is 53.6 Å². The molecule has 3 rings (SSSR count). The highest BCUT2D eigenvalue weighted by Gasteiger charge is 2.30. The second-order valence-corrected chi connectivity index (χ2v) is 6.82. The lowest BCUT2D eigenvalue weighted by molar-refractivity contribution is 0.115. The molecule has 0 saturated carbocycles. The van der Waals surface area contributed by atoms with E-state index in [4.69, 9.17) is 4.74 Å². The third-order valence-electron chi connectivity index (χ3n) is 5.45. The normalized spacial score (nSPS) is 21.7. The van der Waals surface area contributed by atoms with Gasteiger partial charge in [-0.05, 0) is 56.3 Å². The van der Waals surface area contributed by atoms with Crippen molar-refractivity contribution in [1.82, 2.24) is 4.90 Å². The van der Waals surface area contributed by atoms with Crippen LogP contribution in [0.15, 0.2) is 42.5 Å². The van der Waals surface area contributed by atoms with Gasteiger partial charge < -0.3 is 4.74 Å². The standard InChI is InChI=1S/C21H29NO/c1-4-14-22(16(2)17-8-5-6-9-17)19-13-12-18-10-7-11-21(23-3)20(18)15-19/h5-11,16-17,19H,4,12-15H2,1-3H3. The van der Waals surface area contributed by atoms with Crippen molar-refractivity contribution in [2.75, 3.05) is 13.7 Å². The van der Waals surface area contributed by atoms with E-state index >= 15 is 0 Å². The summed E-state index contributed by atoms with van der Waals surface area (Å²) in [5, 5.41) is 0. The Hall–Kier alpha value is -1.54. The second kappa shape index (κ2) is 7.35. The Morgan fingerprint density at radius 1 is 1.26 bits per heavy atom. The maximum absolute atomic E-state index is 5.62. The summed E-state index contributed by atoms with van der Waals surface area (Å²) in [5.74, 6) is 1.62. The molecule has 0 spiro atoms. The van der Waals surface area contributed by atoms with Crippen LogP contribution in [0.5, 0.6) is 5.75 Å². The first-order valence-electron chi connectivity index (χ1n) is 9.00. The van der Waals surface area contributed by atoms with Crippen LogP contribution in [0, 0.1) is 5.92 Å². The smallest absolute Gasteiger partial charge is 0.122 e. The third kappa shape index (κ3) is 3.37. The van der Waals surface area contributed by atoms with E-state index < -0.39 is 0 Å². The quantitative estimate of drug-likeness (QED) is 0.772. The zero-order valence-corrected chi connectivity index (χ0v) is 14.7. The van der Waals surface area contributed by atoms with Crippen molar-refractivity contribution >= 4 is 0 Å². The summed E-state index contributed by atoms with van der Waals surface area (Å²) < 4.78 is 5.62. The minimum absolute atomic E-state index is 0.556. The Morgan fingerprint density at radius 3 is 2.74 bits per heavy atom. The zero-order chi connectivity index (χ0) is 16.2. The molecule has 124 valence electrons. The van der Waals surface area contributed by atoms with E-state index in [2.05, 4.69) is 61.3 Å². The summed E-state index contributed by atoms with van der Waals surface area (Å²) in [5.41, 5.74) is 2.91. The SMILES string of the molecule is CCCN(C1CCc2cccc(OC)c2C1)C(C)C1C=CC=C1. The molecule has 1 aromatic carbocycles. The van der Waals surface area contributed by atoms with E-state index in [1.165, 1.54) is 36.9 Å². The zero-order valence-electron chi connectivity index (χ0n) is 14.7. The molecule has 2 unspecified atom stereocenters. The third-order valence-corrected chi connectivity index (χ3v) is 5.45. The van der Waals surface area contributed by atoms with Crippen LogP contribution in [0.4, 0.5) is 0 Å². The predicted octanol–water partition coefficient (Wildman–Crippen LogP) is 4.40. The van der Waals surface area contributed by atoms with E-state index in [0.717, 1.165) is 12.2 Å². The number of hydrogen-bond acceptors (Lipinski definition) is 2. The molecule has 0 amide bonds. The fourth-order valence-corrected chi connectivity index (χ4v) is 4.18. The number of nitrogens with zero attached hydrogens (tertiary/aromatic N) is 1. The lowest BCUT2D eigenvalue weighted by Crippen LogP contribution is -2.47. The Kier molecular flexibility index (Phi) is 5.22. The summed E-state index contributed by atoms with van der Waals surface area (Å²) in [4.78, 5) is 2.74. The summed E-state index contributed by atoms with van der Waals surface area (Å²) in [7, 11) is 1.79. The van der Waals surface area contributed by atoms with Crippen LogP contribution in [0.2, 0.25) is 0 Å². The molecular formula is C21H29NO. The van der Waals surface area contributed by atoms with Gasteiger partial charge in [0.15, 0.2) is 0 Å². The van der Waals surface area contributed by atoms with E-state index in [1.54, 1.807) is 7.11 Å². The van der Waals surface area contributed by atoms with Crippen LogP contribution in [-0.2, 0) is 12.8 Å². The molecule has 2 aliphatic rings. The van der Waals surface area contributed by atoms with E-state index in [1.807, 2.05) is 0 Å². The monoisotopic (exact) mass is 311 g/mol. The molecule has 0 fully saturated rings. The predicted molar refractivity (Wildman–Crippen MR) is 97.0 cm³/mol. The van der Waals surface area contributed by atoms with Gasteiger partial charge in [-0.25, -0.2) is 0 Å². The van der Waals surface area contributed by atoms with Crippen LogP contribution in [0.3, 0.4) is 0 Å². The molecule has 2 heteroatoms. The molecule has 23 heavy (non-hydrogen) atoms. The molecule has 2 aliphatic carbocycles. The Balaban J connectivity index is 1.81. The minimum atomic E-state index is 0.556.